The zero-order chi connectivity index (χ0) is 17.4. The van der Waals surface area contributed by atoms with E-state index in [0.717, 1.165) is 31.7 Å². The molecule has 1 unspecified atom stereocenters. The summed E-state index contributed by atoms with van der Waals surface area (Å²) < 4.78 is 10.6. The molecule has 24 heavy (non-hydrogen) atoms. The number of nitrogens with one attached hydrogen (secondary N) is 1. The molecule has 1 heterocycles. The highest BCUT2D eigenvalue weighted by Crippen LogP contribution is 2.17. The molecule has 6 nitrogen and oxygen atoms in total. The molecule has 0 radical (unpaired) electrons. The third-order valence-corrected chi connectivity index (χ3v) is 4.07. The van der Waals surface area contributed by atoms with Crippen molar-refractivity contribution in [1.82, 2.24) is 10.2 Å². The van der Waals surface area contributed by atoms with Gasteiger partial charge in [0.25, 0.3) is 0 Å². The van der Waals surface area contributed by atoms with Gasteiger partial charge in [-0.1, -0.05) is 6.92 Å². The van der Waals surface area contributed by atoms with Crippen molar-refractivity contribution in [3.8, 4) is 11.5 Å². The van der Waals surface area contributed by atoms with Gasteiger partial charge >= 0.3 is 0 Å². The van der Waals surface area contributed by atoms with Gasteiger partial charge in [-0.2, -0.15) is 0 Å². The first-order valence-corrected chi connectivity index (χ1v) is 8.40. The molecule has 1 saturated heterocycles. The van der Waals surface area contributed by atoms with Crippen LogP contribution in [0, 0.1) is 5.92 Å². The van der Waals surface area contributed by atoms with Gasteiger partial charge in [0.2, 0.25) is 11.8 Å². The van der Waals surface area contributed by atoms with Gasteiger partial charge in [0.05, 0.1) is 13.7 Å². The number of ether oxygens (including phenoxy) is 2. The third kappa shape index (κ3) is 5.76. The maximum Gasteiger partial charge on any atom is 0.232 e. The van der Waals surface area contributed by atoms with Gasteiger partial charge in [0.15, 0.2) is 0 Å². The second-order valence-corrected chi connectivity index (χ2v) is 6.14. The summed E-state index contributed by atoms with van der Waals surface area (Å²) in [6.45, 7) is 4.38. The van der Waals surface area contributed by atoms with E-state index < -0.39 is 0 Å². The van der Waals surface area contributed by atoms with E-state index in [-0.39, 0.29) is 18.2 Å². The molecule has 0 bridgehead atoms. The van der Waals surface area contributed by atoms with E-state index in [2.05, 4.69) is 12.2 Å². The molecule has 1 aromatic carbocycles. The van der Waals surface area contributed by atoms with Crippen LogP contribution >= 0.6 is 0 Å². The molecule has 2 rings (SSSR count). The van der Waals surface area contributed by atoms with Gasteiger partial charge in [-0.25, -0.2) is 0 Å². The van der Waals surface area contributed by atoms with E-state index in [1.165, 1.54) is 0 Å². The molecule has 6 heteroatoms. The number of amides is 2. The minimum absolute atomic E-state index is 0.0878. The van der Waals surface area contributed by atoms with Crippen LogP contribution < -0.4 is 14.8 Å². The Morgan fingerprint density at radius 1 is 1.25 bits per heavy atom. The summed E-state index contributed by atoms with van der Waals surface area (Å²) in [4.78, 5) is 25.7. The van der Waals surface area contributed by atoms with Crippen molar-refractivity contribution in [2.45, 2.75) is 26.2 Å². The number of carbonyl (C=O) groups excluding carboxylic acids is 2. The standard InChI is InChI=1S/C18H26N2O4/c1-14-4-3-10-20(13-14)18(22)12-17(21)19-9-11-24-16-7-5-15(23-2)6-8-16/h5-8,14H,3-4,9-13H2,1-2H3,(H,19,21). The molecule has 132 valence electrons. The van der Waals surface area contributed by atoms with Crippen molar-refractivity contribution in [3.05, 3.63) is 24.3 Å². The first-order valence-electron chi connectivity index (χ1n) is 8.40. The van der Waals surface area contributed by atoms with Gasteiger partial charge in [-0.15, -0.1) is 0 Å². The lowest BCUT2D eigenvalue weighted by Gasteiger charge is -2.30. The SMILES string of the molecule is COc1ccc(OCCNC(=O)CC(=O)N2CCCC(C)C2)cc1. The molecule has 1 aromatic rings. The van der Waals surface area contributed by atoms with Crippen LogP contribution in [0.2, 0.25) is 0 Å². The summed E-state index contributed by atoms with van der Waals surface area (Å²) in [6.07, 6.45) is 2.08. The highest BCUT2D eigenvalue weighted by Gasteiger charge is 2.22. The first kappa shape index (κ1) is 18.1. The van der Waals surface area contributed by atoms with Crippen molar-refractivity contribution in [2.24, 2.45) is 5.92 Å². The van der Waals surface area contributed by atoms with Crippen LogP contribution in [0.1, 0.15) is 26.2 Å². The lowest BCUT2D eigenvalue weighted by atomic mass is 10.00. The van der Waals surface area contributed by atoms with E-state index in [1.807, 2.05) is 24.3 Å². The molecule has 1 N–H and O–H groups in total. The Kier molecular flexibility index (Phi) is 6.90. The number of rotatable bonds is 7. The average molecular weight is 334 g/mol. The van der Waals surface area contributed by atoms with Crippen LogP contribution in [-0.2, 0) is 9.59 Å². The number of carbonyl (C=O) groups is 2. The molecule has 0 aromatic heterocycles. The van der Waals surface area contributed by atoms with Crippen LogP contribution in [0.3, 0.4) is 0 Å². The number of nitrogens with zero attached hydrogens (tertiary/aromatic N) is 1. The van der Waals surface area contributed by atoms with Crippen molar-refractivity contribution in [2.75, 3.05) is 33.4 Å². The summed E-state index contributed by atoms with van der Waals surface area (Å²) in [5.74, 6) is 1.65. The quantitative estimate of drug-likeness (QED) is 0.610. The summed E-state index contributed by atoms with van der Waals surface area (Å²) in [5.41, 5.74) is 0. The monoisotopic (exact) mass is 334 g/mol. The number of likely N-dealkylation sites (tertiary alicyclic amines) is 1. The van der Waals surface area contributed by atoms with Crippen LogP contribution in [0.15, 0.2) is 24.3 Å². The number of hydrogen-bond acceptors (Lipinski definition) is 4. The Morgan fingerprint density at radius 2 is 1.96 bits per heavy atom. The predicted octanol–water partition coefficient (Wildman–Crippen LogP) is 1.84. The van der Waals surface area contributed by atoms with E-state index in [0.29, 0.717) is 24.8 Å². The minimum Gasteiger partial charge on any atom is -0.497 e. The van der Waals surface area contributed by atoms with Crippen LogP contribution in [0.4, 0.5) is 0 Å². The van der Waals surface area contributed by atoms with Crippen molar-refractivity contribution >= 4 is 11.8 Å². The smallest absolute Gasteiger partial charge is 0.232 e. The Morgan fingerprint density at radius 3 is 2.62 bits per heavy atom. The minimum atomic E-state index is -0.253. The molecule has 1 aliphatic heterocycles. The number of piperidine rings is 1. The fraction of sp³-hybridized carbons (Fsp3) is 0.556. The Labute approximate surface area is 143 Å². The molecule has 0 spiro atoms. The lowest BCUT2D eigenvalue weighted by molar-refractivity contribution is -0.137. The number of benzene rings is 1. The van der Waals surface area contributed by atoms with E-state index in [4.69, 9.17) is 9.47 Å². The van der Waals surface area contributed by atoms with Crippen LogP contribution in [0.25, 0.3) is 0 Å². The Balaban J connectivity index is 1.63. The van der Waals surface area contributed by atoms with E-state index >= 15 is 0 Å². The summed E-state index contributed by atoms with van der Waals surface area (Å²) in [7, 11) is 1.61. The highest BCUT2D eigenvalue weighted by molar-refractivity contribution is 5.96. The fourth-order valence-corrected chi connectivity index (χ4v) is 2.76. The topological polar surface area (TPSA) is 67.9 Å². The normalized spacial score (nSPS) is 17.2. The molecule has 0 saturated carbocycles. The van der Waals surface area contributed by atoms with Crippen molar-refractivity contribution in [1.29, 1.82) is 0 Å². The lowest BCUT2D eigenvalue weighted by Crippen LogP contribution is -2.41. The second kappa shape index (κ2) is 9.15. The van der Waals surface area contributed by atoms with Gasteiger partial charge < -0.3 is 19.7 Å². The summed E-state index contributed by atoms with van der Waals surface area (Å²) >= 11 is 0. The summed E-state index contributed by atoms with van der Waals surface area (Å²) in [6, 6.07) is 7.24. The zero-order valence-corrected chi connectivity index (χ0v) is 14.4. The Hall–Kier alpha value is -2.24. The maximum atomic E-state index is 12.1. The molecule has 0 aliphatic carbocycles. The van der Waals surface area contributed by atoms with Gasteiger partial charge in [-0.3, -0.25) is 9.59 Å². The highest BCUT2D eigenvalue weighted by atomic mass is 16.5. The number of hydrogen-bond donors (Lipinski definition) is 1. The third-order valence-electron chi connectivity index (χ3n) is 4.07. The number of methoxy groups -OCH3 is 1. The van der Waals surface area contributed by atoms with Crippen LogP contribution in [-0.4, -0.2) is 50.1 Å². The molecular weight excluding hydrogens is 308 g/mol. The first-order chi connectivity index (χ1) is 11.6. The fourth-order valence-electron chi connectivity index (χ4n) is 2.76. The van der Waals surface area contributed by atoms with Crippen molar-refractivity contribution in [3.63, 3.8) is 0 Å². The van der Waals surface area contributed by atoms with Gasteiger partial charge in [0, 0.05) is 13.1 Å². The predicted molar refractivity (Wildman–Crippen MR) is 91.1 cm³/mol. The average Bonchev–Trinajstić information content (AvgIpc) is 2.59. The van der Waals surface area contributed by atoms with E-state index in [1.54, 1.807) is 12.0 Å². The molecule has 1 atom stereocenters. The van der Waals surface area contributed by atoms with Crippen LogP contribution in [0.5, 0.6) is 11.5 Å². The van der Waals surface area contributed by atoms with Crippen molar-refractivity contribution < 1.29 is 19.1 Å². The molecule has 2 amide bonds. The largest absolute Gasteiger partial charge is 0.497 e. The molecular formula is C18H26N2O4. The summed E-state index contributed by atoms with van der Waals surface area (Å²) in [5, 5.41) is 2.72. The van der Waals surface area contributed by atoms with E-state index in [9.17, 15) is 9.59 Å². The van der Waals surface area contributed by atoms with Gasteiger partial charge in [-0.05, 0) is 43.0 Å². The second-order valence-electron chi connectivity index (χ2n) is 6.14. The molecule has 1 aliphatic rings. The zero-order valence-electron chi connectivity index (χ0n) is 14.4. The van der Waals surface area contributed by atoms with Gasteiger partial charge in [0.1, 0.15) is 24.5 Å². The Bertz CT molecular complexity index is 544. The maximum absolute atomic E-state index is 12.1. The molecule has 1 fully saturated rings.